The van der Waals surface area contributed by atoms with Crippen LogP contribution < -0.4 is 5.48 Å². The van der Waals surface area contributed by atoms with E-state index in [0.717, 1.165) is 18.4 Å². The van der Waals surface area contributed by atoms with Crippen molar-refractivity contribution in [1.82, 2.24) is 10.4 Å². The topological polar surface area (TPSA) is 78.9 Å². The largest absolute Gasteiger partial charge is 0.480 e. The van der Waals surface area contributed by atoms with Gasteiger partial charge in [-0.1, -0.05) is 30.3 Å². The smallest absolute Gasteiger partial charge is 0.342 e. The molecule has 0 aliphatic carbocycles. The Labute approximate surface area is 117 Å². The summed E-state index contributed by atoms with van der Waals surface area (Å²) in [7, 11) is 0. The first-order chi connectivity index (χ1) is 9.68. The standard InChI is InChI=1S/C14H18N2O4/c17-13(18)12-8-4-5-9-16(12)14(19)15-20-10-11-6-2-1-3-7-11/h1-3,6-7,12H,4-5,8-10H2,(H,15,19)(H,17,18)/t12-/m0/s1. The Balaban J connectivity index is 1.83. The number of hydrogen-bond donors (Lipinski definition) is 2. The van der Waals surface area contributed by atoms with Crippen LogP contribution in [0.4, 0.5) is 4.79 Å². The van der Waals surface area contributed by atoms with E-state index in [1.165, 1.54) is 4.90 Å². The summed E-state index contributed by atoms with van der Waals surface area (Å²) < 4.78 is 0. The summed E-state index contributed by atoms with van der Waals surface area (Å²) >= 11 is 0. The first kappa shape index (κ1) is 14.3. The highest BCUT2D eigenvalue weighted by Gasteiger charge is 2.31. The minimum Gasteiger partial charge on any atom is -0.480 e. The highest BCUT2D eigenvalue weighted by molar-refractivity contribution is 5.82. The zero-order chi connectivity index (χ0) is 14.4. The van der Waals surface area contributed by atoms with Crippen molar-refractivity contribution in [2.75, 3.05) is 6.54 Å². The Morgan fingerprint density at radius 2 is 2.05 bits per heavy atom. The molecule has 1 aromatic rings. The van der Waals surface area contributed by atoms with E-state index in [4.69, 9.17) is 9.94 Å². The molecule has 0 radical (unpaired) electrons. The molecule has 0 aromatic heterocycles. The van der Waals surface area contributed by atoms with Crippen molar-refractivity contribution in [3.8, 4) is 0 Å². The summed E-state index contributed by atoms with van der Waals surface area (Å²) in [5, 5.41) is 9.10. The van der Waals surface area contributed by atoms with Gasteiger partial charge in [0.2, 0.25) is 0 Å². The SMILES string of the molecule is O=C(O)[C@@H]1CCCCN1C(=O)NOCc1ccccc1. The van der Waals surface area contributed by atoms with Crippen molar-refractivity contribution >= 4 is 12.0 Å². The molecule has 1 aromatic carbocycles. The summed E-state index contributed by atoms with van der Waals surface area (Å²) in [6.45, 7) is 0.690. The fourth-order valence-electron chi connectivity index (χ4n) is 2.25. The number of urea groups is 1. The van der Waals surface area contributed by atoms with Crippen LogP contribution in [0.25, 0.3) is 0 Å². The maximum absolute atomic E-state index is 11.9. The molecule has 2 rings (SSSR count). The molecule has 0 bridgehead atoms. The lowest BCUT2D eigenvalue weighted by Crippen LogP contribution is -2.51. The number of carboxylic acids is 1. The van der Waals surface area contributed by atoms with Crippen molar-refractivity contribution in [3.05, 3.63) is 35.9 Å². The number of carbonyl (C=O) groups is 2. The van der Waals surface area contributed by atoms with Gasteiger partial charge in [-0.2, -0.15) is 0 Å². The number of carbonyl (C=O) groups excluding carboxylic acids is 1. The van der Waals surface area contributed by atoms with Gasteiger partial charge in [0.15, 0.2) is 0 Å². The zero-order valence-electron chi connectivity index (χ0n) is 11.1. The molecule has 2 amide bonds. The van der Waals surface area contributed by atoms with Gasteiger partial charge in [-0.15, -0.1) is 0 Å². The molecule has 1 heterocycles. The number of hydrogen-bond acceptors (Lipinski definition) is 3. The van der Waals surface area contributed by atoms with Crippen LogP contribution in [-0.2, 0) is 16.2 Å². The lowest BCUT2D eigenvalue weighted by atomic mass is 10.0. The third-order valence-electron chi connectivity index (χ3n) is 3.29. The number of nitrogens with zero attached hydrogens (tertiary/aromatic N) is 1. The number of carboxylic acid groups (broad SMARTS) is 1. The Morgan fingerprint density at radius 1 is 1.30 bits per heavy atom. The first-order valence-corrected chi connectivity index (χ1v) is 6.63. The van der Waals surface area contributed by atoms with Crippen molar-refractivity contribution in [2.45, 2.75) is 31.9 Å². The molecular weight excluding hydrogens is 260 g/mol. The maximum atomic E-state index is 11.9. The molecule has 1 aliphatic heterocycles. The first-order valence-electron chi connectivity index (χ1n) is 6.63. The van der Waals surface area contributed by atoms with Gasteiger partial charge in [0.05, 0.1) is 6.61 Å². The summed E-state index contributed by atoms with van der Waals surface area (Å²) in [4.78, 5) is 29.5. The van der Waals surface area contributed by atoms with Crippen LogP contribution in [0.1, 0.15) is 24.8 Å². The minimum atomic E-state index is -0.970. The van der Waals surface area contributed by atoms with E-state index in [1.807, 2.05) is 30.3 Å². The van der Waals surface area contributed by atoms with Crippen LogP contribution in [-0.4, -0.2) is 34.6 Å². The number of nitrogens with one attached hydrogen (secondary N) is 1. The van der Waals surface area contributed by atoms with E-state index in [0.29, 0.717) is 13.0 Å². The average molecular weight is 278 g/mol. The number of aliphatic carboxylic acids is 1. The molecule has 108 valence electrons. The van der Waals surface area contributed by atoms with E-state index >= 15 is 0 Å². The molecule has 0 spiro atoms. The van der Waals surface area contributed by atoms with Crippen LogP contribution in [0, 0.1) is 0 Å². The van der Waals surface area contributed by atoms with E-state index < -0.39 is 18.0 Å². The van der Waals surface area contributed by atoms with Gasteiger partial charge in [0.25, 0.3) is 0 Å². The Hall–Kier alpha value is -2.08. The van der Waals surface area contributed by atoms with Gasteiger partial charge in [-0.05, 0) is 24.8 Å². The number of piperidine rings is 1. The number of rotatable bonds is 4. The van der Waals surface area contributed by atoms with Crippen LogP contribution >= 0.6 is 0 Å². The highest BCUT2D eigenvalue weighted by Crippen LogP contribution is 2.17. The third kappa shape index (κ3) is 3.71. The molecule has 6 nitrogen and oxygen atoms in total. The predicted octanol–water partition coefficient (Wildman–Crippen LogP) is 1.77. The average Bonchev–Trinajstić information content (AvgIpc) is 2.48. The summed E-state index contributed by atoms with van der Waals surface area (Å²) in [6.07, 6.45) is 2.13. The highest BCUT2D eigenvalue weighted by atomic mass is 16.7. The predicted molar refractivity (Wildman–Crippen MR) is 71.7 cm³/mol. The fraction of sp³-hybridized carbons (Fsp3) is 0.429. The molecule has 1 atom stereocenters. The van der Waals surface area contributed by atoms with Gasteiger partial charge in [-0.25, -0.2) is 15.1 Å². The van der Waals surface area contributed by atoms with Gasteiger partial charge < -0.3 is 10.0 Å². The van der Waals surface area contributed by atoms with E-state index in [2.05, 4.69) is 5.48 Å². The summed E-state index contributed by atoms with van der Waals surface area (Å²) in [5.41, 5.74) is 3.24. The van der Waals surface area contributed by atoms with Crippen LogP contribution in [0.5, 0.6) is 0 Å². The second-order valence-electron chi connectivity index (χ2n) is 4.72. The van der Waals surface area contributed by atoms with E-state index in [-0.39, 0.29) is 6.61 Å². The fourth-order valence-corrected chi connectivity index (χ4v) is 2.25. The monoisotopic (exact) mass is 278 g/mol. The second kappa shape index (κ2) is 6.91. The molecule has 20 heavy (non-hydrogen) atoms. The van der Waals surface area contributed by atoms with E-state index in [1.54, 1.807) is 0 Å². The van der Waals surface area contributed by atoms with Crippen molar-refractivity contribution in [2.24, 2.45) is 0 Å². The number of likely N-dealkylation sites (tertiary alicyclic amines) is 1. The van der Waals surface area contributed by atoms with Gasteiger partial charge >= 0.3 is 12.0 Å². The molecule has 6 heteroatoms. The molecule has 0 saturated carbocycles. The number of amides is 2. The second-order valence-corrected chi connectivity index (χ2v) is 4.72. The van der Waals surface area contributed by atoms with Gasteiger partial charge in [0, 0.05) is 6.54 Å². The lowest BCUT2D eigenvalue weighted by Gasteiger charge is -2.32. The van der Waals surface area contributed by atoms with E-state index in [9.17, 15) is 9.59 Å². The van der Waals surface area contributed by atoms with Crippen LogP contribution in [0.2, 0.25) is 0 Å². The lowest BCUT2D eigenvalue weighted by molar-refractivity contribution is -0.143. The number of hydroxylamine groups is 1. The zero-order valence-corrected chi connectivity index (χ0v) is 11.1. The molecule has 1 fully saturated rings. The molecule has 1 saturated heterocycles. The van der Waals surface area contributed by atoms with Crippen molar-refractivity contribution < 1.29 is 19.5 Å². The third-order valence-corrected chi connectivity index (χ3v) is 3.29. The summed E-state index contributed by atoms with van der Waals surface area (Å²) in [5.74, 6) is -0.970. The Morgan fingerprint density at radius 3 is 2.75 bits per heavy atom. The van der Waals surface area contributed by atoms with Gasteiger partial charge in [0.1, 0.15) is 6.04 Å². The van der Waals surface area contributed by atoms with Crippen molar-refractivity contribution in [3.63, 3.8) is 0 Å². The maximum Gasteiger partial charge on any atom is 0.342 e. The molecule has 2 N–H and O–H groups in total. The number of benzene rings is 1. The van der Waals surface area contributed by atoms with Crippen LogP contribution in [0.15, 0.2) is 30.3 Å². The Kier molecular flexibility index (Phi) is 4.95. The van der Waals surface area contributed by atoms with Gasteiger partial charge in [-0.3, -0.25) is 4.84 Å². The molecule has 1 aliphatic rings. The van der Waals surface area contributed by atoms with Crippen molar-refractivity contribution in [1.29, 1.82) is 0 Å². The van der Waals surface area contributed by atoms with Crippen LogP contribution in [0.3, 0.4) is 0 Å². The summed E-state index contributed by atoms with van der Waals surface area (Å²) in [6, 6.07) is 8.17. The molecular formula is C14H18N2O4. The normalized spacial score (nSPS) is 18.6. The quantitative estimate of drug-likeness (QED) is 0.823. The molecule has 0 unspecified atom stereocenters. The minimum absolute atomic E-state index is 0.248. The Bertz CT molecular complexity index is 464.